The minimum Gasteiger partial charge on any atom is -0.392 e. The van der Waals surface area contributed by atoms with Crippen LogP contribution in [-0.4, -0.2) is 26.0 Å². The van der Waals surface area contributed by atoms with Gasteiger partial charge in [-0.25, -0.2) is 4.98 Å². The van der Waals surface area contributed by atoms with Crippen LogP contribution in [0.5, 0.6) is 0 Å². The van der Waals surface area contributed by atoms with Gasteiger partial charge in [-0.2, -0.15) is 5.10 Å². The Morgan fingerprint density at radius 2 is 2.15 bits per heavy atom. The number of aromatic nitrogens is 3. The summed E-state index contributed by atoms with van der Waals surface area (Å²) < 4.78 is 1.69. The van der Waals surface area contributed by atoms with Crippen LogP contribution in [0.2, 0.25) is 0 Å². The average Bonchev–Trinajstić information content (AvgIpc) is 2.34. The number of hydrogen-bond acceptors (Lipinski definition) is 3. The molecule has 0 saturated heterocycles. The molecule has 0 aliphatic heterocycles. The van der Waals surface area contributed by atoms with Gasteiger partial charge in [0.05, 0.1) is 6.10 Å². The zero-order chi connectivity index (χ0) is 10.1. The van der Waals surface area contributed by atoms with Crippen LogP contribution in [-0.2, 0) is 13.5 Å². The normalized spacial score (nSPS) is 14.5. The summed E-state index contributed by atoms with van der Waals surface area (Å²) in [7, 11) is 1.83. The van der Waals surface area contributed by atoms with Gasteiger partial charge in [-0.15, -0.1) is 0 Å². The van der Waals surface area contributed by atoms with Crippen molar-refractivity contribution in [3.8, 4) is 0 Å². The lowest BCUT2D eigenvalue weighted by atomic mass is 9.87. The molecule has 0 aromatic carbocycles. The van der Waals surface area contributed by atoms with Gasteiger partial charge in [0, 0.05) is 13.5 Å². The fourth-order valence-electron chi connectivity index (χ4n) is 0.984. The van der Waals surface area contributed by atoms with Gasteiger partial charge in [-0.05, 0) is 5.41 Å². The Kier molecular flexibility index (Phi) is 2.71. The molecule has 0 fully saturated rings. The molecule has 4 heteroatoms. The van der Waals surface area contributed by atoms with E-state index in [1.807, 2.05) is 27.8 Å². The van der Waals surface area contributed by atoms with Crippen LogP contribution in [0.15, 0.2) is 6.33 Å². The molecule has 1 atom stereocenters. The Labute approximate surface area is 78.6 Å². The van der Waals surface area contributed by atoms with Gasteiger partial charge in [0.15, 0.2) is 0 Å². The Balaban J connectivity index is 2.65. The van der Waals surface area contributed by atoms with Crippen molar-refractivity contribution in [3.05, 3.63) is 12.2 Å². The van der Waals surface area contributed by atoms with E-state index in [2.05, 4.69) is 10.1 Å². The molecule has 1 unspecified atom stereocenters. The SMILES string of the molecule is Cn1ncnc1CC(O)C(C)(C)C. The maximum absolute atomic E-state index is 9.80. The molecule has 0 bridgehead atoms. The lowest BCUT2D eigenvalue weighted by Crippen LogP contribution is -2.29. The molecule has 0 radical (unpaired) electrons. The van der Waals surface area contributed by atoms with Crippen LogP contribution in [0.4, 0.5) is 0 Å². The summed E-state index contributed by atoms with van der Waals surface area (Å²) in [6.07, 6.45) is 1.68. The van der Waals surface area contributed by atoms with Crippen molar-refractivity contribution in [1.29, 1.82) is 0 Å². The second kappa shape index (κ2) is 3.46. The predicted molar refractivity (Wildman–Crippen MR) is 50.2 cm³/mol. The smallest absolute Gasteiger partial charge is 0.138 e. The van der Waals surface area contributed by atoms with Crippen molar-refractivity contribution < 1.29 is 5.11 Å². The summed E-state index contributed by atoms with van der Waals surface area (Å²) in [6, 6.07) is 0. The molecule has 0 spiro atoms. The quantitative estimate of drug-likeness (QED) is 0.736. The second-order valence-corrected chi connectivity index (χ2v) is 4.39. The highest BCUT2D eigenvalue weighted by molar-refractivity contribution is 4.89. The monoisotopic (exact) mass is 183 g/mol. The van der Waals surface area contributed by atoms with Crippen LogP contribution < -0.4 is 0 Å². The fraction of sp³-hybridized carbons (Fsp3) is 0.778. The number of aliphatic hydroxyl groups is 1. The maximum Gasteiger partial charge on any atom is 0.138 e. The third-order valence-corrected chi connectivity index (χ3v) is 2.18. The third-order valence-electron chi connectivity index (χ3n) is 2.18. The lowest BCUT2D eigenvalue weighted by Gasteiger charge is -2.25. The Morgan fingerprint density at radius 1 is 1.54 bits per heavy atom. The molecule has 0 aliphatic rings. The summed E-state index contributed by atoms with van der Waals surface area (Å²) in [5, 5.41) is 13.7. The minimum atomic E-state index is -0.379. The van der Waals surface area contributed by atoms with E-state index in [0.29, 0.717) is 6.42 Å². The van der Waals surface area contributed by atoms with E-state index in [1.54, 1.807) is 4.68 Å². The van der Waals surface area contributed by atoms with E-state index >= 15 is 0 Å². The summed E-state index contributed by atoms with van der Waals surface area (Å²) in [5.41, 5.74) is -0.105. The van der Waals surface area contributed by atoms with Crippen molar-refractivity contribution in [2.24, 2.45) is 12.5 Å². The molecular formula is C9H17N3O. The van der Waals surface area contributed by atoms with Crippen LogP contribution in [0.3, 0.4) is 0 Å². The molecule has 1 N–H and O–H groups in total. The molecule has 74 valence electrons. The van der Waals surface area contributed by atoms with E-state index in [0.717, 1.165) is 5.82 Å². The van der Waals surface area contributed by atoms with E-state index in [1.165, 1.54) is 6.33 Å². The highest BCUT2D eigenvalue weighted by Gasteiger charge is 2.23. The zero-order valence-corrected chi connectivity index (χ0v) is 8.65. The summed E-state index contributed by atoms with van der Waals surface area (Å²) in [6.45, 7) is 6.02. The van der Waals surface area contributed by atoms with Crippen LogP contribution >= 0.6 is 0 Å². The molecule has 1 rings (SSSR count). The molecular weight excluding hydrogens is 166 g/mol. The standard InChI is InChI=1S/C9H17N3O/c1-9(2,3)7(13)5-8-10-6-11-12(8)4/h6-7,13H,5H2,1-4H3. The van der Waals surface area contributed by atoms with Crippen molar-refractivity contribution in [1.82, 2.24) is 14.8 Å². The number of nitrogens with zero attached hydrogens (tertiary/aromatic N) is 3. The van der Waals surface area contributed by atoms with Crippen LogP contribution in [0.1, 0.15) is 26.6 Å². The summed E-state index contributed by atoms with van der Waals surface area (Å²) >= 11 is 0. The average molecular weight is 183 g/mol. The Hall–Kier alpha value is -0.900. The summed E-state index contributed by atoms with van der Waals surface area (Å²) in [4.78, 5) is 4.06. The number of aliphatic hydroxyl groups excluding tert-OH is 1. The molecule has 0 aliphatic carbocycles. The molecule has 13 heavy (non-hydrogen) atoms. The zero-order valence-electron chi connectivity index (χ0n) is 8.65. The molecule has 4 nitrogen and oxygen atoms in total. The molecule has 0 saturated carbocycles. The van der Waals surface area contributed by atoms with Crippen LogP contribution in [0.25, 0.3) is 0 Å². The van der Waals surface area contributed by atoms with Crippen molar-refractivity contribution in [3.63, 3.8) is 0 Å². The van der Waals surface area contributed by atoms with Crippen molar-refractivity contribution in [2.75, 3.05) is 0 Å². The fourth-order valence-corrected chi connectivity index (χ4v) is 0.984. The van der Waals surface area contributed by atoms with Gasteiger partial charge in [-0.1, -0.05) is 20.8 Å². The number of aryl methyl sites for hydroxylation is 1. The van der Waals surface area contributed by atoms with Gasteiger partial charge in [-0.3, -0.25) is 4.68 Å². The third kappa shape index (κ3) is 2.52. The highest BCUT2D eigenvalue weighted by atomic mass is 16.3. The minimum absolute atomic E-state index is 0.105. The summed E-state index contributed by atoms with van der Waals surface area (Å²) in [5.74, 6) is 0.822. The van der Waals surface area contributed by atoms with Gasteiger partial charge < -0.3 is 5.11 Å². The molecule has 1 aromatic rings. The van der Waals surface area contributed by atoms with Crippen molar-refractivity contribution >= 4 is 0 Å². The van der Waals surface area contributed by atoms with Crippen LogP contribution in [0, 0.1) is 5.41 Å². The first-order valence-electron chi connectivity index (χ1n) is 4.42. The first-order chi connectivity index (χ1) is 5.91. The number of rotatable bonds is 2. The van der Waals surface area contributed by atoms with Gasteiger partial charge >= 0.3 is 0 Å². The maximum atomic E-state index is 9.80. The predicted octanol–water partition coefficient (Wildman–Crippen LogP) is 0.765. The van der Waals surface area contributed by atoms with Gasteiger partial charge in [0.2, 0.25) is 0 Å². The molecule has 0 amide bonds. The van der Waals surface area contributed by atoms with Gasteiger partial charge in [0.1, 0.15) is 12.2 Å². The molecule has 1 heterocycles. The Morgan fingerprint density at radius 3 is 2.54 bits per heavy atom. The van der Waals surface area contributed by atoms with Gasteiger partial charge in [0.25, 0.3) is 0 Å². The Bertz CT molecular complexity index is 275. The van der Waals surface area contributed by atoms with Crippen molar-refractivity contribution in [2.45, 2.75) is 33.3 Å². The number of hydrogen-bond donors (Lipinski definition) is 1. The lowest BCUT2D eigenvalue weighted by molar-refractivity contribution is 0.0611. The topological polar surface area (TPSA) is 50.9 Å². The van der Waals surface area contributed by atoms with E-state index < -0.39 is 0 Å². The first-order valence-corrected chi connectivity index (χ1v) is 4.42. The van der Waals surface area contributed by atoms with E-state index in [4.69, 9.17) is 0 Å². The first kappa shape index (κ1) is 10.2. The largest absolute Gasteiger partial charge is 0.392 e. The molecule has 1 aromatic heterocycles. The second-order valence-electron chi connectivity index (χ2n) is 4.39. The highest BCUT2D eigenvalue weighted by Crippen LogP contribution is 2.21. The van der Waals surface area contributed by atoms with E-state index in [-0.39, 0.29) is 11.5 Å². The van der Waals surface area contributed by atoms with E-state index in [9.17, 15) is 5.11 Å².